The number of carbonyl (C=O) groups is 1. The summed E-state index contributed by atoms with van der Waals surface area (Å²) in [7, 11) is 0. The predicted octanol–water partition coefficient (Wildman–Crippen LogP) is 16.2. The Morgan fingerprint density at radius 3 is 1.00 bits per heavy atom. The van der Waals surface area contributed by atoms with Crippen LogP contribution in [0.2, 0.25) is 0 Å². The summed E-state index contributed by atoms with van der Waals surface area (Å²) in [5, 5.41) is 54.5. The number of nitrogens with one attached hydrogen (secondary N) is 1. The molecule has 0 radical (unpaired) electrons. The van der Waals surface area contributed by atoms with Gasteiger partial charge in [-0.1, -0.05) is 316 Å². The highest BCUT2D eigenvalue weighted by Crippen LogP contribution is 2.24. The monoisotopic (exact) mass is 1010 g/mol. The zero-order valence-corrected chi connectivity index (χ0v) is 47.3. The van der Waals surface area contributed by atoms with Crippen LogP contribution in [-0.4, -0.2) is 87.5 Å². The molecule has 1 fully saturated rings. The molecule has 7 unspecified atom stereocenters. The molecule has 7 atom stereocenters. The quantitative estimate of drug-likeness (QED) is 0.0330. The minimum Gasteiger partial charge on any atom is -0.394 e. The van der Waals surface area contributed by atoms with E-state index in [0.717, 1.165) is 38.5 Å². The van der Waals surface area contributed by atoms with Crippen LogP contribution in [0.15, 0.2) is 0 Å². The fraction of sp³-hybridized carbons (Fsp3) is 0.984. The van der Waals surface area contributed by atoms with Gasteiger partial charge in [0.05, 0.1) is 25.4 Å². The van der Waals surface area contributed by atoms with Gasteiger partial charge in [-0.2, -0.15) is 0 Å². The van der Waals surface area contributed by atoms with Gasteiger partial charge in [-0.15, -0.1) is 0 Å². The third-order valence-electron chi connectivity index (χ3n) is 15.7. The molecule has 1 rings (SSSR count). The van der Waals surface area contributed by atoms with Gasteiger partial charge in [-0.3, -0.25) is 4.79 Å². The van der Waals surface area contributed by atoms with Crippen LogP contribution < -0.4 is 5.32 Å². The van der Waals surface area contributed by atoms with E-state index >= 15 is 0 Å². The summed E-state index contributed by atoms with van der Waals surface area (Å²) in [6.45, 7) is 3.86. The first-order valence-corrected chi connectivity index (χ1v) is 31.7. The minimum absolute atomic E-state index is 0.132. The molecule has 1 aliphatic heterocycles. The van der Waals surface area contributed by atoms with Crippen molar-refractivity contribution >= 4 is 5.91 Å². The molecule has 9 nitrogen and oxygen atoms in total. The lowest BCUT2D eigenvalue weighted by Crippen LogP contribution is -2.60. The van der Waals surface area contributed by atoms with Gasteiger partial charge in [0.1, 0.15) is 24.4 Å². The van der Waals surface area contributed by atoms with Crippen molar-refractivity contribution in [2.45, 2.75) is 378 Å². The summed E-state index contributed by atoms with van der Waals surface area (Å²) in [5.74, 6) is -0.137. The van der Waals surface area contributed by atoms with Crippen molar-refractivity contribution in [3.05, 3.63) is 0 Å². The second kappa shape index (κ2) is 52.6. The number of hydrogen-bond donors (Lipinski definition) is 6. The summed E-state index contributed by atoms with van der Waals surface area (Å²) < 4.78 is 11.3. The van der Waals surface area contributed by atoms with E-state index < -0.39 is 49.5 Å². The van der Waals surface area contributed by atoms with Crippen LogP contribution in [0.5, 0.6) is 0 Å². The largest absolute Gasteiger partial charge is 0.394 e. The highest BCUT2D eigenvalue weighted by molar-refractivity contribution is 5.76. The minimum atomic E-state index is -1.55. The number of aliphatic hydroxyl groups is 5. The van der Waals surface area contributed by atoms with Crippen molar-refractivity contribution in [2.75, 3.05) is 13.2 Å². The lowest BCUT2D eigenvalue weighted by molar-refractivity contribution is -0.302. The van der Waals surface area contributed by atoms with Crippen LogP contribution in [0.4, 0.5) is 0 Å². The molecule has 0 aromatic heterocycles. The Balaban J connectivity index is 1.99. The second-order valence-electron chi connectivity index (χ2n) is 22.6. The first-order chi connectivity index (χ1) is 34.8. The van der Waals surface area contributed by atoms with Crippen molar-refractivity contribution in [1.29, 1.82) is 0 Å². The molecule has 71 heavy (non-hydrogen) atoms. The summed E-state index contributed by atoms with van der Waals surface area (Å²) in [6.07, 6.45) is 57.6. The first kappa shape index (κ1) is 68.2. The standard InChI is InChI=1S/C62H123NO8/c1-3-5-7-9-11-13-15-16-17-18-19-20-21-22-23-24-25-26-27-28-29-30-31-32-33-34-35-36-37-38-39-40-42-44-46-48-50-52-58(66)63-55(54-70-62-61(69)60(68)59(67)57(53-64)71-62)56(65)51-49-47-45-43-41-14-12-10-8-6-4-2/h55-57,59-62,64-65,67-69H,3-54H2,1-2H3,(H,63,66). The number of rotatable bonds is 56. The van der Waals surface area contributed by atoms with Crippen LogP contribution in [0.25, 0.3) is 0 Å². The average Bonchev–Trinajstić information content (AvgIpc) is 3.37. The molecule has 0 saturated carbocycles. The molecule has 0 aromatic carbocycles. The predicted molar refractivity (Wildman–Crippen MR) is 300 cm³/mol. The van der Waals surface area contributed by atoms with Gasteiger partial charge in [-0.05, 0) is 12.8 Å². The van der Waals surface area contributed by atoms with E-state index in [9.17, 15) is 30.3 Å². The van der Waals surface area contributed by atoms with E-state index in [1.807, 2.05) is 0 Å². The lowest BCUT2D eigenvalue weighted by atomic mass is 9.99. The van der Waals surface area contributed by atoms with Gasteiger partial charge < -0.3 is 40.3 Å². The summed E-state index contributed by atoms with van der Waals surface area (Å²) in [4.78, 5) is 13.0. The smallest absolute Gasteiger partial charge is 0.220 e. The van der Waals surface area contributed by atoms with Crippen LogP contribution in [0.1, 0.15) is 335 Å². The summed E-state index contributed by atoms with van der Waals surface area (Å²) >= 11 is 0. The van der Waals surface area contributed by atoms with E-state index in [4.69, 9.17) is 9.47 Å². The Labute approximate surface area is 440 Å². The molecule has 6 N–H and O–H groups in total. The van der Waals surface area contributed by atoms with Gasteiger partial charge in [0.15, 0.2) is 6.29 Å². The number of aliphatic hydroxyl groups excluding tert-OH is 5. The van der Waals surface area contributed by atoms with Crippen LogP contribution in [0, 0.1) is 0 Å². The third-order valence-corrected chi connectivity index (χ3v) is 15.7. The maximum atomic E-state index is 13.0. The molecule has 1 saturated heterocycles. The normalized spacial score (nSPS) is 19.1. The SMILES string of the molecule is CCCCCCCCCCCCCCCCCCCCCCCCCCCCCCCCCCCCCCCC(=O)NC(COC1OC(CO)C(O)C(O)C1O)C(O)CCCCCCCCCCCCC. The molecule has 0 aliphatic carbocycles. The van der Waals surface area contributed by atoms with Crippen LogP contribution >= 0.6 is 0 Å². The fourth-order valence-electron chi connectivity index (χ4n) is 10.7. The summed E-state index contributed by atoms with van der Waals surface area (Å²) in [5.41, 5.74) is 0. The number of ether oxygens (including phenoxy) is 2. The number of carbonyl (C=O) groups excluding carboxylic acids is 1. The van der Waals surface area contributed by atoms with E-state index in [1.165, 1.54) is 270 Å². The van der Waals surface area contributed by atoms with E-state index in [1.54, 1.807) is 0 Å². The highest BCUT2D eigenvalue weighted by Gasteiger charge is 2.44. The second-order valence-corrected chi connectivity index (χ2v) is 22.6. The van der Waals surface area contributed by atoms with Gasteiger partial charge in [-0.25, -0.2) is 0 Å². The number of unbranched alkanes of at least 4 members (excludes halogenated alkanes) is 46. The Bertz CT molecular complexity index is 1080. The molecule has 424 valence electrons. The van der Waals surface area contributed by atoms with Gasteiger partial charge in [0.25, 0.3) is 0 Å². The van der Waals surface area contributed by atoms with Gasteiger partial charge >= 0.3 is 0 Å². The van der Waals surface area contributed by atoms with Gasteiger partial charge in [0.2, 0.25) is 5.91 Å². The van der Waals surface area contributed by atoms with E-state index in [-0.39, 0.29) is 12.5 Å². The maximum absolute atomic E-state index is 13.0. The number of hydrogen-bond acceptors (Lipinski definition) is 8. The molecule has 0 aromatic rings. The van der Waals surface area contributed by atoms with Crippen LogP contribution in [0.3, 0.4) is 0 Å². The Hall–Kier alpha value is -0.810. The lowest BCUT2D eigenvalue weighted by Gasteiger charge is -2.40. The first-order valence-electron chi connectivity index (χ1n) is 31.7. The molecular formula is C62H123NO8. The fourth-order valence-corrected chi connectivity index (χ4v) is 10.7. The zero-order valence-electron chi connectivity index (χ0n) is 47.3. The number of amides is 1. The summed E-state index contributed by atoms with van der Waals surface area (Å²) in [6, 6.07) is -0.712. The zero-order chi connectivity index (χ0) is 51.5. The van der Waals surface area contributed by atoms with E-state index in [0.29, 0.717) is 12.8 Å². The van der Waals surface area contributed by atoms with Crippen LogP contribution in [-0.2, 0) is 14.3 Å². The van der Waals surface area contributed by atoms with Crippen molar-refractivity contribution < 1.29 is 39.8 Å². The Morgan fingerprint density at radius 1 is 0.423 bits per heavy atom. The highest BCUT2D eigenvalue weighted by atomic mass is 16.7. The molecule has 1 aliphatic rings. The molecular weight excluding hydrogens is 887 g/mol. The Kier molecular flexibility index (Phi) is 50.6. The molecule has 9 heteroatoms. The van der Waals surface area contributed by atoms with Crippen molar-refractivity contribution in [3.63, 3.8) is 0 Å². The Morgan fingerprint density at radius 2 is 0.704 bits per heavy atom. The van der Waals surface area contributed by atoms with Crippen molar-refractivity contribution in [1.82, 2.24) is 5.32 Å². The molecule has 1 amide bonds. The van der Waals surface area contributed by atoms with Crippen molar-refractivity contribution in [3.8, 4) is 0 Å². The van der Waals surface area contributed by atoms with E-state index in [2.05, 4.69) is 19.2 Å². The molecule has 0 bridgehead atoms. The third kappa shape index (κ3) is 42.0. The molecule has 0 spiro atoms. The molecule has 1 heterocycles. The maximum Gasteiger partial charge on any atom is 0.220 e. The van der Waals surface area contributed by atoms with Crippen molar-refractivity contribution in [2.24, 2.45) is 0 Å². The average molecular weight is 1010 g/mol. The topological polar surface area (TPSA) is 149 Å². The van der Waals surface area contributed by atoms with Gasteiger partial charge in [0, 0.05) is 6.42 Å².